The van der Waals surface area contributed by atoms with E-state index in [2.05, 4.69) is 53.2 Å². The number of alkyl halides is 3. The lowest BCUT2D eigenvalue weighted by Gasteiger charge is -2.53. The molecule has 0 amide bonds. The fraction of sp³-hybridized carbons (Fsp3) is 0.500. The molecule has 6 nitrogen and oxygen atoms in total. The second-order valence-corrected chi connectivity index (χ2v) is 9.73. The van der Waals surface area contributed by atoms with Crippen LogP contribution < -0.4 is 10.6 Å². The molecule has 1 saturated heterocycles. The zero-order valence-electron chi connectivity index (χ0n) is 18.6. The van der Waals surface area contributed by atoms with Crippen LogP contribution in [0.1, 0.15) is 51.7 Å². The molecule has 0 saturated carbocycles. The van der Waals surface area contributed by atoms with E-state index < -0.39 is 11.7 Å². The molecule has 2 heterocycles. The maximum atomic E-state index is 13.7. The first-order chi connectivity index (χ1) is 14.7. The van der Waals surface area contributed by atoms with Crippen molar-refractivity contribution in [3.63, 3.8) is 0 Å². The van der Waals surface area contributed by atoms with Gasteiger partial charge in [-0.15, -0.1) is 0 Å². The molecule has 1 aromatic carbocycles. The van der Waals surface area contributed by atoms with Crippen molar-refractivity contribution >= 4 is 29.1 Å². The molecule has 0 bridgehead atoms. The van der Waals surface area contributed by atoms with E-state index in [-0.39, 0.29) is 33.9 Å². The molecule has 172 valence electrons. The summed E-state index contributed by atoms with van der Waals surface area (Å²) in [6.45, 7) is 8.31. The Kier molecular flexibility index (Phi) is 6.33. The van der Waals surface area contributed by atoms with Crippen LogP contribution in [0, 0.1) is 11.3 Å². The van der Waals surface area contributed by atoms with Gasteiger partial charge in [-0.25, -0.2) is 4.98 Å². The van der Waals surface area contributed by atoms with Crippen LogP contribution in [-0.2, 0) is 6.18 Å². The number of nitriles is 1. The SMILES string of the molecule is CN1C(C)(C)CC(Nc2nc(Nc3ccc(C#N)c(Cl)c3)ncc2C(F)(F)F)CC1(C)C. The van der Waals surface area contributed by atoms with Gasteiger partial charge >= 0.3 is 6.18 Å². The molecule has 1 aliphatic heterocycles. The Balaban J connectivity index is 1.92. The Labute approximate surface area is 190 Å². The highest BCUT2D eigenvalue weighted by Crippen LogP contribution is 2.40. The van der Waals surface area contributed by atoms with Crippen molar-refractivity contribution in [1.82, 2.24) is 14.9 Å². The van der Waals surface area contributed by atoms with E-state index in [4.69, 9.17) is 16.9 Å². The van der Waals surface area contributed by atoms with Crippen LogP contribution in [0.2, 0.25) is 5.02 Å². The Morgan fingerprint density at radius 2 is 1.81 bits per heavy atom. The summed E-state index contributed by atoms with van der Waals surface area (Å²) < 4.78 is 41.0. The number of hydrogen-bond donors (Lipinski definition) is 2. The topological polar surface area (TPSA) is 76.9 Å². The Hall–Kier alpha value is -2.57. The molecule has 1 fully saturated rings. The number of aromatic nitrogens is 2. The number of benzene rings is 1. The minimum atomic E-state index is -4.60. The monoisotopic (exact) mass is 466 g/mol. The van der Waals surface area contributed by atoms with E-state index in [0.717, 1.165) is 6.20 Å². The predicted octanol–water partition coefficient (Wildman–Crippen LogP) is 5.83. The van der Waals surface area contributed by atoms with Crippen molar-refractivity contribution in [3.05, 3.63) is 40.5 Å². The van der Waals surface area contributed by atoms with E-state index in [9.17, 15) is 13.2 Å². The van der Waals surface area contributed by atoms with Crippen LogP contribution in [0.15, 0.2) is 24.4 Å². The molecular formula is C22H26ClF3N6. The van der Waals surface area contributed by atoms with E-state index >= 15 is 0 Å². The predicted molar refractivity (Wildman–Crippen MR) is 119 cm³/mol. The van der Waals surface area contributed by atoms with Crippen LogP contribution in [0.25, 0.3) is 0 Å². The molecule has 1 aromatic heterocycles. The number of piperidine rings is 1. The van der Waals surface area contributed by atoms with Gasteiger partial charge in [-0.1, -0.05) is 11.6 Å². The Morgan fingerprint density at radius 3 is 2.34 bits per heavy atom. The molecule has 10 heteroatoms. The zero-order chi connectivity index (χ0) is 23.9. The third-order valence-corrected chi connectivity index (χ3v) is 6.40. The first-order valence-corrected chi connectivity index (χ1v) is 10.5. The van der Waals surface area contributed by atoms with Crippen LogP contribution in [0.4, 0.5) is 30.6 Å². The molecule has 1 aliphatic rings. The lowest BCUT2D eigenvalue weighted by Crippen LogP contribution is -2.61. The number of rotatable bonds is 4. The highest BCUT2D eigenvalue weighted by Gasteiger charge is 2.44. The number of hydrogen-bond acceptors (Lipinski definition) is 6. The van der Waals surface area contributed by atoms with Gasteiger partial charge in [0.2, 0.25) is 5.95 Å². The van der Waals surface area contributed by atoms with E-state index in [1.54, 1.807) is 6.07 Å². The standard InChI is InChI=1S/C22H26ClF3N6/c1-20(2)9-15(10-21(3,4)32(20)5)29-18-16(22(24,25)26)12-28-19(31-18)30-14-7-6-13(11-27)17(23)8-14/h6-8,12,15H,9-10H2,1-5H3,(H2,28,29,30,31). The first-order valence-electron chi connectivity index (χ1n) is 10.1. The van der Waals surface area contributed by atoms with Crippen molar-refractivity contribution in [2.75, 3.05) is 17.7 Å². The average Bonchev–Trinajstić information content (AvgIpc) is 2.65. The van der Waals surface area contributed by atoms with Crippen molar-refractivity contribution in [2.45, 2.75) is 63.8 Å². The first kappa shape index (κ1) is 24.1. The molecule has 0 unspecified atom stereocenters. The van der Waals surface area contributed by atoms with Gasteiger partial charge in [0.05, 0.1) is 10.6 Å². The quantitative estimate of drug-likeness (QED) is 0.590. The Morgan fingerprint density at radius 1 is 1.19 bits per heavy atom. The van der Waals surface area contributed by atoms with Crippen LogP contribution >= 0.6 is 11.6 Å². The molecule has 32 heavy (non-hydrogen) atoms. The van der Waals surface area contributed by atoms with Gasteiger partial charge in [-0.2, -0.15) is 23.4 Å². The number of nitrogens with one attached hydrogen (secondary N) is 2. The van der Waals surface area contributed by atoms with Gasteiger partial charge in [0.25, 0.3) is 0 Å². The molecule has 2 N–H and O–H groups in total. The third kappa shape index (κ3) is 5.08. The van der Waals surface area contributed by atoms with Gasteiger partial charge in [0.15, 0.2) is 0 Å². The summed E-state index contributed by atoms with van der Waals surface area (Å²) in [6.07, 6.45) is -2.52. The maximum Gasteiger partial charge on any atom is 0.421 e. The van der Waals surface area contributed by atoms with E-state index in [1.807, 2.05) is 13.1 Å². The van der Waals surface area contributed by atoms with Crippen molar-refractivity contribution < 1.29 is 13.2 Å². The van der Waals surface area contributed by atoms with Crippen molar-refractivity contribution in [3.8, 4) is 6.07 Å². The summed E-state index contributed by atoms with van der Waals surface area (Å²) >= 11 is 6.04. The highest BCUT2D eigenvalue weighted by atomic mass is 35.5. The summed E-state index contributed by atoms with van der Waals surface area (Å²) in [5.41, 5.74) is -0.576. The van der Waals surface area contributed by atoms with Crippen LogP contribution in [-0.4, -0.2) is 39.0 Å². The number of anilines is 3. The molecule has 0 aliphatic carbocycles. The lowest BCUT2D eigenvalue weighted by atomic mass is 9.77. The number of nitrogens with zero attached hydrogens (tertiary/aromatic N) is 4. The third-order valence-electron chi connectivity index (χ3n) is 6.09. The van der Waals surface area contributed by atoms with Gasteiger partial charge in [-0.05, 0) is 65.8 Å². The van der Waals surface area contributed by atoms with Gasteiger partial charge in [0, 0.05) is 29.0 Å². The van der Waals surface area contributed by atoms with Crippen LogP contribution in [0.5, 0.6) is 0 Å². The van der Waals surface area contributed by atoms with E-state index in [0.29, 0.717) is 24.1 Å². The molecule has 0 atom stereocenters. The zero-order valence-corrected chi connectivity index (χ0v) is 19.4. The van der Waals surface area contributed by atoms with Crippen molar-refractivity contribution in [2.24, 2.45) is 0 Å². The molecule has 0 radical (unpaired) electrons. The summed E-state index contributed by atoms with van der Waals surface area (Å²) in [5, 5.41) is 15.1. The average molecular weight is 467 g/mol. The second kappa shape index (κ2) is 8.41. The Bertz CT molecular complexity index is 1030. The fourth-order valence-corrected chi connectivity index (χ4v) is 4.46. The minimum absolute atomic E-state index is 0.00674. The van der Waals surface area contributed by atoms with E-state index in [1.165, 1.54) is 12.1 Å². The second-order valence-electron chi connectivity index (χ2n) is 9.32. The number of likely N-dealkylation sites (tertiary alicyclic amines) is 1. The number of halogens is 4. The van der Waals surface area contributed by atoms with Gasteiger partial charge in [-0.3, -0.25) is 4.90 Å². The normalized spacial score (nSPS) is 18.8. The summed E-state index contributed by atoms with van der Waals surface area (Å²) in [5.74, 6) is -0.274. The van der Waals surface area contributed by atoms with Gasteiger partial charge < -0.3 is 10.6 Å². The molecular weight excluding hydrogens is 441 g/mol. The summed E-state index contributed by atoms with van der Waals surface area (Å²) in [4.78, 5) is 10.2. The minimum Gasteiger partial charge on any atom is -0.367 e. The summed E-state index contributed by atoms with van der Waals surface area (Å²) in [7, 11) is 2.03. The fourth-order valence-electron chi connectivity index (χ4n) is 4.24. The largest absolute Gasteiger partial charge is 0.421 e. The van der Waals surface area contributed by atoms with Crippen molar-refractivity contribution in [1.29, 1.82) is 5.26 Å². The smallest absolute Gasteiger partial charge is 0.367 e. The van der Waals surface area contributed by atoms with Gasteiger partial charge in [0.1, 0.15) is 17.5 Å². The van der Waals surface area contributed by atoms with Crippen LogP contribution in [0.3, 0.4) is 0 Å². The summed E-state index contributed by atoms with van der Waals surface area (Å²) in [6, 6.07) is 6.34. The molecule has 0 spiro atoms. The molecule has 2 aromatic rings. The lowest BCUT2D eigenvalue weighted by molar-refractivity contribution is -0.137. The molecule has 3 rings (SSSR count). The highest BCUT2D eigenvalue weighted by molar-refractivity contribution is 6.32. The maximum absolute atomic E-state index is 13.7.